The molecule has 0 fully saturated rings. The van der Waals surface area contributed by atoms with Crippen molar-refractivity contribution in [3.05, 3.63) is 29.6 Å². The van der Waals surface area contributed by atoms with Gasteiger partial charge in [0.25, 0.3) is 0 Å². The van der Waals surface area contributed by atoms with Gasteiger partial charge in [-0.2, -0.15) is 13.2 Å². The Morgan fingerprint density at radius 2 is 1.93 bits per heavy atom. The van der Waals surface area contributed by atoms with Crippen LogP contribution in [0.3, 0.4) is 0 Å². The predicted octanol–water partition coefficient (Wildman–Crippen LogP) is 1.81. The van der Waals surface area contributed by atoms with E-state index in [2.05, 4.69) is 4.98 Å². The standard InChI is InChI=1S/C7H6F3N3.ClH/c8-7(9,10)5-1-4(6(11)12)2-13-3-5;/h1-3H,(H3,11,12);1H. The highest BCUT2D eigenvalue weighted by atomic mass is 35.5. The second-order valence-electron chi connectivity index (χ2n) is 2.37. The number of nitrogens with zero attached hydrogens (tertiary/aromatic N) is 1. The van der Waals surface area contributed by atoms with Gasteiger partial charge in [-0.15, -0.1) is 12.4 Å². The van der Waals surface area contributed by atoms with Crippen LogP contribution in [-0.4, -0.2) is 10.8 Å². The minimum absolute atomic E-state index is 0. The largest absolute Gasteiger partial charge is 0.417 e. The number of aromatic nitrogens is 1. The fourth-order valence-corrected chi connectivity index (χ4v) is 0.742. The fourth-order valence-electron chi connectivity index (χ4n) is 0.742. The van der Waals surface area contributed by atoms with Crippen molar-refractivity contribution >= 4 is 18.2 Å². The summed E-state index contributed by atoms with van der Waals surface area (Å²) >= 11 is 0. The van der Waals surface area contributed by atoms with Crippen molar-refractivity contribution in [1.29, 1.82) is 5.41 Å². The molecule has 1 aromatic heterocycles. The first-order valence-corrected chi connectivity index (χ1v) is 3.28. The fraction of sp³-hybridized carbons (Fsp3) is 0.143. The van der Waals surface area contributed by atoms with E-state index >= 15 is 0 Å². The molecule has 1 aromatic rings. The lowest BCUT2D eigenvalue weighted by Crippen LogP contribution is -2.14. The quantitative estimate of drug-likeness (QED) is 0.566. The van der Waals surface area contributed by atoms with Crippen molar-refractivity contribution in [2.24, 2.45) is 5.73 Å². The average Bonchev–Trinajstić information content (AvgIpc) is 2.03. The monoisotopic (exact) mass is 225 g/mol. The van der Waals surface area contributed by atoms with E-state index in [1.807, 2.05) is 0 Å². The van der Waals surface area contributed by atoms with Gasteiger partial charge in [0, 0.05) is 18.0 Å². The van der Waals surface area contributed by atoms with E-state index in [0.717, 1.165) is 12.3 Å². The third-order valence-electron chi connectivity index (χ3n) is 1.38. The molecule has 0 aliphatic rings. The van der Waals surface area contributed by atoms with Gasteiger partial charge in [0.2, 0.25) is 0 Å². The lowest BCUT2D eigenvalue weighted by atomic mass is 10.2. The van der Waals surface area contributed by atoms with Crippen LogP contribution in [0.25, 0.3) is 0 Å². The van der Waals surface area contributed by atoms with Gasteiger partial charge in [-0.25, -0.2) is 0 Å². The predicted molar refractivity (Wildman–Crippen MR) is 47.5 cm³/mol. The van der Waals surface area contributed by atoms with E-state index in [0.29, 0.717) is 6.20 Å². The van der Waals surface area contributed by atoms with Crippen molar-refractivity contribution < 1.29 is 13.2 Å². The Morgan fingerprint density at radius 1 is 1.36 bits per heavy atom. The molecule has 3 nitrogen and oxygen atoms in total. The van der Waals surface area contributed by atoms with Crippen LogP contribution in [0.2, 0.25) is 0 Å². The van der Waals surface area contributed by atoms with Crippen LogP contribution in [-0.2, 0) is 6.18 Å². The van der Waals surface area contributed by atoms with Gasteiger partial charge in [0.1, 0.15) is 5.84 Å². The number of nitrogens with two attached hydrogens (primary N) is 1. The zero-order chi connectivity index (χ0) is 10.1. The van der Waals surface area contributed by atoms with Gasteiger partial charge in [-0.05, 0) is 6.07 Å². The maximum Gasteiger partial charge on any atom is 0.417 e. The summed E-state index contributed by atoms with van der Waals surface area (Å²) in [6.45, 7) is 0. The summed E-state index contributed by atoms with van der Waals surface area (Å²) in [5.74, 6) is -0.432. The first kappa shape index (κ1) is 12.7. The first-order valence-electron chi connectivity index (χ1n) is 3.28. The van der Waals surface area contributed by atoms with E-state index in [9.17, 15) is 13.2 Å². The molecule has 0 saturated carbocycles. The maximum absolute atomic E-state index is 12.1. The number of nitrogens with one attached hydrogen (secondary N) is 1. The highest BCUT2D eigenvalue weighted by Gasteiger charge is 2.31. The normalized spacial score (nSPS) is 10.5. The molecule has 0 aliphatic carbocycles. The molecule has 7 heteroatoms. The van der Waals surface area contributed by atoms with Gasteiger partial charge in [0.05, 0.1) is 5.56 Å². The Bertz CT molecular complexity index is 337. The Labute approximate surface area is 84.1 Å². The summed E-state index contributed by atoms with van der Waals surface area (Å²) in [5, 5.41) is 6.91. The van der Waals surface area contributed by atoms with Gasteiger partial charge in [-0.1, -0.05) is 0 Å². The Balaban J connectivity index is 0.00000169. The van der Waals surface area contributed by atoms with Crippen molar-refractivity contribution in [2.45, 2.75) is 6.18 Å². The smallest absolute Gasteiger partial charge is 0.384 e. The van der Waals surface area contributed by atoms with Crippen LogP contribution < -0.4 is 5.73 Å². The van der Waals surface area contributed by atoms with Gasteiger partial charge < -0.3 is 5.73 Å². The van der Waals surface area contributed by atoms with E-state index in [4.69, 9.17) is 11.1 Å². The lowest BCUT2D eigenvalue weighted by molar-refractivity contribution is -0.137. The number of halogens is 4. The maximum atomic E-state index is 12.1. The van der Waals surface area contributed by atoms with Crippen LogP contribution in [0, 0.1) is 5.41 Å². The molecule has 0 aromatic carbocycles. The minimum atomic E-state index is -4.45. The van der Waals surface area contributed by atoms with Crippen LogP contribution in [0.1, 0.15) is 11.1 Å². The molecule has 3 N–H and O–H groups in total. The molecule has 1 rings (SSSR count). The number of nitrogen functional groups attached to an aromatic ring is 1. The SMILES string of the molecule is Cl.N=C(N)c1cncc(C(F)(F)F)c1. The van der Waals surface area contributed by atoms with Crippen LogP contribution in [0.5, 0.6) is 0 Å². The van der Waals surface area contributed by atoms with E-state index in [1.54, 1.807) is 0 Å². The summed E-state index contributed by atoms with van der Waals surface area (Å²) < 4.78 is 36.2. The summed E-state index contributed by atoms with van der Waals surface area (Å²) in [5.41, 5.74) is 4.07. The van der Waals surface area contributed by atoms with Crippen LogP contribution >= 0.6 is 12.4 Å². The van der Waals surface area contributed by atoms with Crippen molar-refractivity contribution in [2.75, 3.05) is 0 Å². The molecular weight excluding hydrogens is 219 g/mol. The molecule has 0 spiro atoms. The van der Waals surface area contributed by atoms with Crippen LogP contribution in [0.15, 0.2) is 18.5 Å². The molecule has 0 radical (unpaired) electrons. The van der Waals surface area contributed by atoms with E-state index in [-0.39, 0.29) is 18.0 Å². The van der Waals surface area contributed by atoms with Crippen molar-refractivity contribution in [3.63, 3.8) is 0 Å². The second-order valence-corrected chi connectivity index (χ2v) is 2.37. The number of alkyl halides is 3. The molecule has 0 atom stereocenters. The molecular formula is C7H7ClF3N3. The van der Waals surface area contributed by atoms with Crippen LogP contribution in [0.4, 0.5) is 13.2 Å². The Morgan fingerprint density at radius 3 is 2.36 bits per heavy atom. The number of hydrogen-bond acceptors (Lipinski definition) is 2. The third-order valence-corrected chi connectivity index (χ3v) is 1.38. The average molecular weight is 226 g/mol. The lowest BCUT2D eigenvalue weighted by Gasteiger charge is -2.06. The van der Waals surface area contributed by atoms with E-state index < -0.39 is 17.6 Å². The van der Waals surface area contributed by atoms with Crippen molar-refractivity contribution in [1.82, 2.24) is 4.98 Å². The zero-order valence-electron chi connectivity index (χ0n) is 6.80. The number of pyridine rings is 1. The minimum Gasteiger partial charge on any atom is -0.384 e. The molecule has 0 amide bonds. The number of rotatable bonds is 1. The molecule has 14 heavy (non-hydrogen) atoms. The van der Waals surface area contributed by atoms with Gasteiger partial charge in [-0.3, -0.25) is 10.4 Å². The molecule has 78 valence electrons. The summed E-state index contributed by atoms with van der Waals surface area (Å²) in [6.07, 6.45) is -2.65. The first-order chi connectivity index (χ1) is 5.91. The topological polar surface area (TPSA) is 62.8 Å². The second kappa shape index (κ2) is 4.28. The Kier molecular flexibility index (Phi) is 3.88. The summed E-state index contributed by atoms with van der Waals surface area (Å²) in [7, 11) is 0. The zero-order valence-corrected chi connectivity index (χ0v) is 7.62. The molecule has 0 saturated heterocycles. The van der Waals surface area contributed by atoms with Gasteiger partial charge in [0.15, 0.2) is 0 Å². The Hall–Kier alpha value is -1.30. The summed E-state index contributed by atoms with van der Waals surface area (Å²) in [4.78, 5) is 3.33. The van der Waals surface area contributed by atoms with Gasteiger partial charge >= 0.3 is 6.18 Å². The number of hydrogen-bond donors (Lipinski definition) is 2. The molecule has 1 heterocycles. The molecule has 0 aliphatic heterocycles. The highest BCUT2D eigenvalue weighted by Crippen LogP contribution is 2.28. The van der Waals surface area contributed by atoms with E-state index in [1.165, 1.54) is 0 Å². The molecule has 0 bridgehead atoms. The molecule has 0 unspecified atom stereocenters. The highest BCUT2D eigenvalue weighted by molar-refractivity contribution is 5.94. The summed E-state index contributed by atoms with van der Waals surface area (Å²) in [6, 6.07) is 0.787. The van der Waals surface area contributed by atoms with Crippen molar-refractivity contribution in [3.8, 4) is 0 Å². The third kappa shape index (κ3) is 2.88. The number of amidine groups is 1.